The number of hydrogen-bond donors (Lipinski definition) is 2. The second kappa shape index (κ2) is 8.97. The molecule has 3 aromatic rings. The highest BCUT2D eigenvalue weighted by atomic mass is 32.1. The minimum Gasteiger partial charge on any atom is -0.467 e. The first-order valence-electron chi connectivity index (χ1n) is 10.6. The zero-order valence-corrected chi connectivity index (χ0v) is 18.3. The average molecular weight is 443 g/mol. The lowest BCUT2D eigenvalue weighted by Crippen LogP contribution is -2.40. The number of carbonyl (C=O) groups excluding carboxylic acids is 1. The van der Waals surface area contributed by atoms with Gasteiger partial charge in [0.25, 0.3) is 11.5 Å². The van der Waals surface area contributed by atoms with E-state index in [1.54, 1.807) is 12.1 Å². The van der Waals surface area contributed by atoms with Crippen molar-refractivity contribution in [3.63, 3.8) is 0 Å². The summed E-state index contributed by atoms with van der Waals surface area (Å²) in [5.74, 6) is 0.178. The molecular weight excluding hydrogens is 416 g/mol. The molecule has 4 rings (SSSR count). The molecule has 9 heteroatoms. The Hall–Kier alpha value is -3.07. The second-order valence-corrected chi connectivity index (χ2v) is 8.87. The van der Waals surface area contributed by atoms with Gasteiger partial charge in [0, 0.05) is 11.4 Å². The number of nitrogen functional groups attached to an aromatic ring is 1. The van der Waals surface area contributed by atoms with Crippen molar-refractivity contribution in [2.45, 2.75) is 58.5 Å². The summed E-state index contributed by atoms with van der Waals surface area (Å²) in [5, 5.41) is 0. The first kappa shape index (κ1) is 21.2. The molecule has 164 valence electrons. The Labute approximate surface area is 183 Å². The summed E-state index contributed by atoms with van der Waals surface area (Å²) in [6.45, 7) is 2.40. The number of amides is 1. The van der Waals surface area contributed by atoms with Crippen molar-refractivity contribution in [3.8, 4) is 0 Å². The highest BCUT2D eigenvalue weighted by Crippen LogP contribution is 2.32. The number of aromatic nitrogens is 2. The number of furan rings is 1. The van der Waals surface area contributed by atoms with Gasteiger partial charge in [0.15, 0.2) is 5.69 Å². The number of H-pyrrole nitrogens is 1. The summed E-state index contributed by atoms with van der Waals surface area (Å²) in [6.07, 6.45) is 7.25. The number of nitrogens with two attached hydrogens (primary N) is 1. The topological polar surface area (TPSA) is 114 Å². The van der Waals surface area contributed by atoms with Crippen LogP contribution in [-0.2, 0) is 25.9 Å². The summed E-state index contributed by atoms with van der Waals surface area (Å²) in [6, 6.07) is 5.38. The van der Waals surface area contributed by atoms with Gasteiger partial charge in [-0.05, 0) is 55.9 Å². The van der Waals surface area contributed by atoms with E-state index in [0.29, 0.717) is 17.2 Å². The summed E-state index contributed by atoms with van der Waals surface area (Å²) in [7, 11) is 0. The summed E-state index contributed by atoms with van der Waals surface area (Å²) >= 11 is 1.47. The number of rotatable bonds is 7. The molecule has 8 nitrogen and oxygen atoms in total. The van der Waals surface area contributed by atoms with Gasteiger partial charge in [0.05, 0.1) is 17.7 Å². The number of hydrogen-bond acceptors (Lipinski definition) is 6. The second-order valence-electron chi connectivity index (χ2n) is 7.74. The Morgan fingerprint density at radius 1 is 1.32 bits per heavy atom. The number of thiophene rings is 1. The van der Waals surface area contributed by atoms with Gasteiger partial charge in [-0.1, -0.05) is 13.3 Å². The van der Waals surface area contributed by atoms with E-state index in [1.165, 1.54) is 37.5 Å². The maximum Gasteiger partial charge on any atom is 0.330 e. The van der Waals surface area contributed by atoms with Crippen LogP contribution in [0.25, 0.3) is 0 Å². The maximum absolute atomic E-state index is 13.6. The summed E-state index contributed by atoms with van der Waals surface area (Å²) in [5.41, 5.74) is 6.21. The van der Waals surface area contributed by atoms with Crippen LogP contribution in [0.15, 0.2) is 38.5 Å². The number of anilines is 2. The van der Waals surface area contributed by atoms with E-state index in [0.717, 1.165) is 38.5 Å². The van der Waals surface area contributed by atoms with Crippen LogP contribution in [0.1, 0.15) is 58.5 Å². The third-order valence-electron chi connectivity index (χ3n) is 5.57. The lowest BCUT2D eigenvalue weighted by atomic mass is 9.99. The number of nitrogens with zero attached hydrogens (tertiary/aromatic N) is 2. The number of aryl methyl sites for hydroxylation is 2. The Bertz CT molecular complexity index is 1170. The number of unbranched alkanes of at least 4 members (excludes halogenated alkanes) is 1. The normalized spacial score (nSPS) is 13.2. The van der Waals surface area contributed by atoms with Crippen molar-refractivity contribution in [2.75, 3.05) is 10.6 Å². The average Bonchev–Trinajstić information content (AvgIpc) is 3.41. The molecule has 3 N–H and O–H groups in total. The van der Waals surface area contributed by atoms with Crippen LogP contribution >= 0.6 is 11.3 Å². The minimum absolute atomic E-state index is 0.0107. The van der Waals surface area contributed by atoms with Crippen molar-refractivity contribution in [1.29, 1.82) is 0 Å². The third-order valence-corrected chi connectivity index (χ3v) is 6.79. The Balaban J connectivity index is 1.80. The number of aromatic amines is 1. The molecule has 0 saturated carbocycles. The molecule has 0 saturated heterocycles. The highest BCUT2D eigenvalue weighted by molar-refractivity contribution is 7.14. The Kier molecular flexibility index (Phi) is 6.13. The first-order chi connectivity index (χ1) is 15.0. The van der Waals surface area contributed by atoms with E-state index in [4.69, 9.17) is 10.2 Å². The first-order valence-corrected chi connectivity index (χ1v) is 11.4. The molecule has 0 bridgehead atoms. The summed E-state index contributed by atoms with van der Waals surface area (Å²) in [4.78, 5) is 44.2. The molecule has 1 aliphatic rings. The molecule has 3 heterocycles. The van der Waals surface area contributed by atoms with Gasteiger partial charge >= 0.3 is 5.69 Å². The van der Waals surface area contributed by atoms with Crippen molar-refractivity contribution in [3.05, 3.63) is 66.4 Å². The van der Waals surface area contributed by atoms with Crippen molar-refractivity contribution >= 4 is 28.7 Å². The fraction of sp³-hybridized carbons (Fsp3) is 0.409. The van der Waals surface area contributed by atoms with Gasteiger partial charge in [0.1, 0.15) is 11.6 Å². The van der Waals surface area contributed by atoms with Gasteiger partial charge in [-0.2, -0.15) is 0 Å². The van der Waals surface area contributed by atoms with Crippen LogP contribution in [0.5, 0.6) is 0 Å². The molecule has 3 aromatic heterocycles. The van der Waals surface area contributed by atoms with Crippen LogP contribution < -0.4 is 21.9 Å². The van der Waals surface area contributed by atoms with E-state index < -0.39 is 11.2 Å². The highest BCUT2D eigenvalue weighted by Gasteiger charge is 2.28. The zero-order valence-electron chi connectivity index (χ0n) is 17.5. The zero-order chi connectivity index (χ0) is 22.0. The predicted molar refractivity (Wildman–Crippen MR) is 121 cm³/mol. The number of fused-ring (bicyclic) bond motifs is 1. The van der Waals surface area contributed by atoms with E-state index in [1.807, 2.05) is 13.0 Å². The smallest absolute Gasteiger partial charge is 0.330 e. The molecule has 0 aromatic carbocycles. The van der Waals surface area contributed by atoms with Gasteiger partial charge in [-0.15, -0.1) is 11.3 Å². The Morgan fingerprint density at radius 3 is 2.84 bits per heavy atom. The Morgan fingerprint density at radius 2 is 2.13 bits per heavy atom. The fourth-order valence-electron chi connectivity index (χ4n) is 3.92. The molecule has 31 heavy (non-hydrogen) atoms. The lowest BCUT2D eigenvalue weighted by molar-refractivity contribution is 0.0986. The minimum atomic E-state index is -0.684. The van der Waals surface area contributed by atoms with Crippen LogP contribution in [0.3, 0.4) is 0 Å². The fourth-order valence-corrected chi connectivity index (χ4v) is 5.12. The molecular formula is C22H26N4O4S. The number of carbonyl (C=O) groups is 1. The van der Waals surface area contributed by atoms with Gasteiger partial charge in [-0.25, -0.2) is 4.79 Å². The quantitative estimate of drug-likeness (QED) is 0.583. The maximum atomic E-state index is 13.6. The predicted octanol–water partition coefficient (Wildman–Crippen LogP) is 3.30. The molecule has 0 fully saturated rings. The summed E-state index contributed by atoms with van der Waals surface area (Å²) < 4.78 is 6.76. The third kappa shape index (κ3) is 4.23. The standard InChI is InChI=1S/C22H26N4O4S/c1-2-3-10-25-19(23)18(20(27)24-22(25)29)26(13-15-8-6-11-30-15)21(28)17-12-14-7-4-5-9-16(14)31-17/h6,8,11-12H,2-5,7,9-10,13,23H2,1H3,(H,24,27,29). The molecule has 0 aliphatic heterocycles. The SMILES string of the molecule is CCCCn1c(N)c(N(Cc2ccco2)C(=O)c2cc3c(s2)CCCC3)c(=O)[nH]c1=O. The lowest BCUT2D eigenvalue weighted by Gasteiger charge is -2.23. The van der Waals surface area contributed by atoms with E-state index >= 15 is 0 Å². The van der Waals surface area contributed by atoms with Gasteiger partial charge in [0.2, 0.25) is 0 Å². The number of nitrogens with one attached hydrogen (secondary N) is 1. The molecule has 0 radical (unpaired) electrons. The van der Waals surface area contributed by atoms with Crippen LogP contribution in [0.4, 0.5) is 11.5 Å². The molecule has 0 spiro atoms. The van der Waals surface area contributed by atoms with Gasteiger partial charge < -0.3 is 10.2 Å². The van der Waals surface area contributed by atoms with Crippen molar-refractivity contribution in [2.24, 2.45) is 0 Å². The van der Waals surface area contributed by atoms with Crippen molar-refractivity contribution in [1.82, 2.24) is 9.55 Å². The van der Waals surface area contributed by atoms with Gasteiger partial charge in [-0.3, -0.25) is 24.0 Å². The van der Waals surface area contributed by atoms with Crippen LogP contribution in [0, 0.1) is 0 Å². The monoisotopic (exact) mass is 442 g/mol. The molecule has 1 aliphatic carbocycles. The molecule has 0 unspecified atom stereocenters. The van der Waals surface area contributed by atoms with Crippen LogP contribution in [-0.4, -0.2) is 15.5 Å². The van der Waals surface area contributed by atoms with E-state index in [2.05, 4.69) is 4.98 Å². The van der Waals surface area contributed by atoms with Crippen LogP contribution in [0.2, 0.25) is 0 Å². The molecule has 1 amide bonds. The largest absolute Gasteiger partial charge is 0.467 e. The van der Waals surface area contributed by atoms with E-state index in [9.17, 15) is 14.4 Å². The molecule has 0 atom stereocenters. The van der Waals surface area contributed by atoms with E-state index in [-0.39, 0.29) is 24.0 Å². The van der Waals surface area contributed by atoms with Crippen molar-refractivity contribution < 1.29 is 9.21 Å².